The van der Waals surface area contributed by atoms with Crippen molar-refractivity contribution >= 4 is 42.1 Å². The van der Waals surface area contributed by atoms with Crippen molar-refractivity contribution in [2.24, 2.45) is 0 Å². The fourth-order valence-corrected chi connectivity index (χ4v) is 4.45. The van der Waals surface area contributed by atoms with E-state index in [4.69, 9.17) is 39.5 Å². The van der Waals surface area contributed by atoms with E-state index in [0.29, 0.717) is 32.6 Å². The van der Waals surface area contributed by atoms with Crippen molar-refractivity contribution in [1.82, 2.24) is 0 Å². The van der Waals surface area contributed by atoms with Crippen molar-refractivity contribution in [1.29, 1.82) is 0 Å². The fourth-order valence-electron chi connectivity index (χ4n) is 3.87. The summed E-state index contributed by atoms with van der Waals surface area (Å²) in [7, 11) is -2.03. The molecule has 0 aliphatic heterocycles. The van der Waals surface area contributed by atoms with Gasteiger partial charge in [0.15, 0.2) is 0 Å². The molecule has 0 spiro atoms. The third-order valence-corrected chi connectivity index (χ3v) is 5.65. The molecule has 0 aliphatic rings. The van der Waals surface area contributed by atoms with Crippen molar-refractivity contribution in [3.63, 3.8) is 0 Å². The van der Waals surface area contributed by atoms with E-state index in [0.717, 1.165) is 5.56 Å². The maximum atomic E-state index is 9.94. The molecule has 3 nitrogen and oxygen atoms in total. The van der Waals surface area contributed by atoms with Crippen molar-refractivity contribution < 1.29 is 14.7 Å². The smallest absolute Gasteiger partial charge is 0.402 e. The van der Waals surface area contributed by atoms with Gasteiger partial charge in [-0.1, -0.05) is 78.1 Å². The zero-order valence-corrected chi connectivity index (χ0v) is 18.0. The second kappa shape index (κ2) is 9.52. The SMILES string of the molecule is CCC(c1cccc(Cl)c1)C(OB(O)O)(c1cccc(Cl)c1)c1cccc(Cl)c1. The number of benzene rings is 3. The van der Waals surface area contributed by atoms with Gasteiger partial charge in [-0.05, 0) is 59.5 Å². The van der Waals surface area contributed by atoms with Crippen LogP contribution in [0.25, 0.3) is 0 Å². The van der Waals surface area contributed by atoms with E-state index in [1.54, 1.807) is 42.5 Å². The van der Waals surface area contributed by atoms with Crippen LogP contribution in [-0.2, 0) is 10.3 Å². The lowest BCUT2D eigenvalue weighted by atomic mass is 9.71. The molecule has 0 heterocycles. The molecule has 3 rings (SSSR count). The Morgan fingerprint density at radius 1 is 0.828 bits per heavy atom. The molecule has 1 unspecified atom stereocenters. The molecule has 3 aromatic carbocycles. The van der Waals surface area contributed by atoms with Gasteiger partial charge in [0.2, 0.25) is 0 Å². The summed E-state index contributed by atoms with van der Waals surface area (Å²) in [6.07, 6.45) is 0.617. The molecule has 0 fully saturated rings. The summed E-state index contributed by atoms with van der Waals surface area (Å²) in [4.78, 5) is 0. The monoisotopic (exact) mass is 448 g/mol. The lowest BCUT2D eigenvalue weighted by Crippen LogP contribution is -2.43. The highest BCUT2D eigenvalue weighted by Crippen LogP contribution is 2.48. The first-order valence-electron chi connectivity index (χ1n) is 9.18. The van der Waals surface area contributed by atoms with Crippen molar-refractivity contribution in [2.75, 3.05) is 0 Å². The van der Waals surface area contributed by atoms with E-state index in [9.17, 15) is 10.0 Å². The molecule has 0 bridgehead atoms. The van der Waals surface area contributed by atoms with E-state index in [1.807, 2.05) is 37.3 Å². The minimum absolute atomic E-state index is 0.320. The maximum Gasteiger partial charge on any atom is 0.634 e. The quantitative estimate of drug-likeness (QED) is 0.431. The van der Waals surface area contributed by atoms with E-state index < -0.39 is 12.9 Å². The summed E-state index contributed by atoms with van der Waals surface area (Å²) in [5.41, 5.74) is 0.962. The third-order valence-electron chi connectivity index (χ3n) is 4.95. The van der Waals surface area contributed by atoms with Crippen LogP contribution in [0.15, 0.2) is 72.8 Å². The highest BCUT2D eigenvalue weighted by molar-refractivity contribution is 6.33. The second-order valence-electron chi connectivity index (χ2n) is 6.72. The Morgan fingerprint density at radius 2 is 1.31 bits per heavy atom. The molecule has 0 saturated heterocycles. The molecule has 29 heavy (non-hydrogen) atoms. The Hall–Kier alpha value is -1.53. The molecule has 7 heteroatoms. The number of hydrogen-bond acceptors (Lipinski definition) is 3. The predicted molar refractivity (Wildman–Crippen MR) is 119 cm³/mol. The molecule has 150 valence electrons. The summed E-state index contributed by atoms with van der Waals surface area (Å²) in [6, 6.07) is 21.8. The van der Waals surface area contributed by atoms with Gasteiger partial charge in [-0.15, -0.1) is 0 Å². The Morgan fingerprint density at radius 3 is 1.72 bits per heavy atom. The van der Waals surface area contributed by atoms with Gasteiger partial charge in [0, 0.05) is 21.0 Å². The van der Waals surface area contributed by atoms with Gasteiger partial charge in [-0.25, -0.2) is 0 Å². The van der Waals surface area contributed by atoms with Crippen LogP contribution < -0.4 is 0 Å². The van der Waals surface area contributed by atoms with E-state index >= 15 is 0 Å². The first-order chi connectivity index (χ1) is 13.9. The second-order valence-corrected chi connectivity index (χ2v) is 8.03. The van der Waals surface area contributed by atoms with Gasteiger partial charge >= 0.3 is 7.32 Å². The minimum atomic E-state index is -2.03. The Labute approximate surface area is 186 Å². The van der Waals surface area contributed by atoms with Crippen molar-refractivity contribution in [3.8, 4) is 0 Å². The average molecular weight is 450 g/mol. The molecule has 0 aromatic heterocycles. The summed E-state index contributed by atoms with van der Waals surface area (Å²) < 4.78 is 5.92. The summed E-state index contributed by atoms with van der Waals surface area (Å²) >= 11 is 18.9. The standard InChI is InChI=1S/C22H20BCl3O3/c1-2-21(15-6-3-9-18(24)12-15)22(29-23(27)28,16-7-4-10-19(25)13-16)17-8-5-11-20(26)14-17/h3-14,21,27-28H,2H2,1H3. The van der Waals surface area contributed by atoms with Crippen LogP contribution in [0.3, 0.4) is 0 Å². The third kappa shape index (κ3) is 4.80. The molecular formula is C22H20BCl3O3. The van der Waals surface area contributed by atoms with Crippen LogP contribution in [0.2, 0.25) is 15.1 Å². The van der Waals surface area contributed by atoms with E-state index in [-0.39, 0.29) is 5.92 Å². The molecule has 3 aromatic rings. The topological polar surface area (TPSA) is 49.7 Å². The zero-order valence-electron chi connectivity index (χ0n) is 15.7. The van der Waals surface area contributed by atoms with Gasteiger partial charge in [-0.2, -0.15) is 0 Å². The molecular weight excluding hydrogens is 429 g/mol. The molecule has 0 radical (unpaired) electrons. The molecule has 1 atom stereocenters. The number of halogens is 3. The van der Waals surface area contributed by atoms with Gasteiger partial charge in [0.25, 0.3) is 0 Å². The first kappa shape index (κ1) is 22.2. The highest BCUT2D eigenvalue weighted by atomic mass is 35.5. The van der Waals surface area contributed by atoms with Crippen molar-refractivity contribution in [2.45, 2.75) is 24.9 Å². The Balaban J connectivity index is 2.36. The highest BCUT2D eigenvalue weighted by Gasteiger charge is 2.46. The normalized spacial score (nSPS) is 12.6. The summed E-state index contributed by atoms with van der Waals surface area (Å²) in [5, 5.41) is 21.5. The van der Waals surface area contributed by atoms with Crippen molar-refractivity contribution in [3.05, 3.63) is 105 Å². The summed E-state index contributed by atoms with van der Waals surface area (Å²) in [6.45, 7) is 2.00. The predicted octanol–water partition coefficient (Wildman–Crippen LogP) is 6.07. The van der Waals surface area contributed by atoms with E-state index in [2.05, 4.69) is 0 Å². The molecule has 2 N–H and O–H groups in total. The van der Waals surface area contributed by atoms with Crippen LogP contribution in [-0.4, -0.2) is 17.4 Å². The van der Waals surface area contributed by atoms with Gasteiger partial charge in [0.05, 0.1) is 0 Å². The number of hydrogen-bond donors (Lipinski definition) is 2. The molecule has 0 amide bonds. The number of rotatable bonds is 7. The van der Waals surface area contributed by atoms with E-state index in [1.165, 1.54) is 0 Å². The molecule has 0 aliphatic carbocycles. The lowest BCUT2D eigenvalue weighted by molar-refractivity contribution is 0.0242. The Bertz CT molecular complexity index is 935. The zero-order chi connectivity index (χ0) is 21.0. The summed E-state index contributed by atoms with van der Waals surface area (Å²) in [5.74, 6) is -0.320. The van der Waals surface area contributed by atoms with Gasteiger partial charge in [0.1, 0.15) is 5.60 Å². The van der Waals surface area contributed by atoms with Gasteiger partial charge in [-0.3, -0.25) is 0 Å². The van der Waals surface area contributed by atoms with Crippen LogP contribution >= 0.6 is 34.8 Å². The first-order valence-corrected chi connectivity index (χ1v) is 10.3. The lowest BCUT2D eigenvalue weighted by Gasteiger charge is -2.42. The Kier molecular flexibility index (Phi) is 7.28. The maximum absolute atomic E-state index is 9.94. The molecule has 0 saturated carbocycles. The van der Waals surface area contributed by atoms with Gasteiger partial charge < -0.3 is 14.7 Å². The minimum Gasteiger partial charge on any atom is -0.402 e. The van der Waals surface area contributed by atoms with Crippen LogP contribution in [0.5, 0.6) is 0 Å². The fraction of sp³-hybridized carbons (Fsp3) is 0.182. The van der Waals surface area contributed by atoms with Crippen LogP contribution in [0.1, 0.15) is 36.0 Å². The average Bonchev–Trinajstić information content (AvgIpc) is 2.67. The van der Waals surface area contributed by atoms with Crippen LogP contribution in [0.4, 0.5) is 0 Å². The largest absolute Gasteiger partial charge is 0.634 e. The van der Waals surface area contributed by atoms with Crippen LogP contribution in [0, 0.1) is 0 Å².